The van der Waals surface area contributed by atoms with E-state index in [-0.39, 0.29) is 18.1 Å². The van der Waals surface area contributed by atoms with Crippen molar-refractivity contribution in [3.8, 4) is 0 Å². The summed E-state index contributed by atoms with van der Waals surface area (Å²) < 4.78 is 15.3. The SMILES string of the molecule is CC(C)c1ccc(Cn2cc(C(=O)NC3=CCC(=O)C(C4=Cc5cc(CN6CCC(F)CC6)ccc5C4)=C3)cn2)cc1. The van der Waals surface area contributed by atoms with Crippen LogP contribution in [-0.2, 0) is 24.3 Å². The molecular weight excluding hydrogens is 527 g/mol. The molecule has 0 unspecified atom stereocenters. The number of nitrogens with zero attached hydrogens (tertiary/aromatic N) is 3. The Bertz CT molecular complexity index is 1590. The number of likely N-dealkylation sites (tertiary alicyclic amines) is 1. The van der Waals surface area contributed by atoms with Gasteiger partial charge in [-0.15, -0.1) is 0 Å². The fourth-order valence-corrected chi connectivity index (χ4v) is 5.90. The van der Waals surface area contributed by atoms with Gasteiger partial charge in [-0.25, -0.2) is 4.39 Å². The average molecular weight is 565 g/mol. The molecular formula is C35H37FN4O2. The molecule has 2 heterocycles. The number of aromatic nitrogens is 2. The van der Waals surface area contributed by atoms with Gasteiger partial charge in [-0.3, -0.25) is 19.2 Å². The number of benzene rings is 2. The molecule has 7 heteroatoms. The quantitative estimate of drug-likeness (QED) is 0.357. The minimum Gasteiger partial charge on any atom is -0.322 e. The average Bonchev–Trinajstić information content (AvgIpc) is 3.63. The van der Waals surface area contributed by atoms with Crippen LogP contribution >= 0.6 is 0 Å². The molecule has 1 aromatic heterocycles. The number of alkyl halides is 1. The third-order valence-corrected chi connectivity index (χ3v) is 8.44. The third-order valence-electron chi connectivity index (χ3n) is 8.44. The van der Waals surface area contributed by atoms with Crippen LogP contribution in [0.3, 0.4) is 0 Å². The number of ketones is 1. The summed E-state index contributed by atoms with van der Waals surface area (Å²) in [6.45, 7) is 7.31. The number of amides is 1. The normalized spacial score (nSPS) is 17.6. The lowest BCUT2D eigenvalue weighted by Gasteiger charge is -2.28. The Labute approximate surface area is 246 Å². The molecule has 3 aromatic rings. The molecule has 216 valence electrons. The van der Waals surface area contributed by atoms with Crippen LogP contribution in [0.1, 0.15) is 77.2 Å². The summed E-state index contributed by atoms with van der Waals surface area (Å²) in [5.41, 5.74) is 8.65. The van der Waals surface area contributed by atoms with Crippen molar-refractivity contribution in [3.05, 3.63) is 117 Å². The zero-order chi connectivity index (χ0) is 29.2. The first-order chi connectivity index (χ1) is 20.3. The first kappa shape index (κ1) is 28.0. The van der Waals surface area contributed by atoms with Gasteiger partial charge < -0.3 is 5.32 Å². The van der Waals surface area contributed by atoms with Crippen LogP contribution in [0.5, 0.6) is 0 Å². The molecule has 6 nitrogen and oxygen atoms in total. The van der Waals surface area contributed by atoms with Crippen molar-refractivity contribution in [2.45, 2.75) is 64.7 Å². The summed E-state index contributed by atoms with van der Waals surface area (Å²) >= 11 is 0. The van der Waals surface area contributed by atoms with E-state index in [0.717, 1.165) is 36.3 Å². The molecule has 1 saturated heterocycles. The Morgan fingerprint density at radius 1 is 1.05 bits per heavy atom. The zero-order valence-corrected chi connectivity index (χ0v) is 24.3. The zero-order valence-electron chi connectivity index (χ0n) is 24.3. The molecule has 0 saturated carbocycles. The molecule has 1 fully saturated rings. The van der Waals surface area contributed by atoms with Gasteiger partial charge in [0.1, 0.15) is 6.17 Å². The second-order valence-electron chi connectivity index (χ2n) is 12.0. The van der Waals surface area contributed by atoms with Gasteiger partial charge in [0.05, 0.1) is 18.3 Å². The molecule has 0 bridgehead atoms. The Morgan fingerprint density at radius 2 is 1.81 bits per heavy atom. The molecule has 0 radical (unpaired) electrons. The van der Waals surface area contributed by atoms with E-state index >= 15 is 0 Å². The van der Waals surface area contributed by atoms with Gasteiger partial charge in [0.15, 0.2) is 5.78 Å². The number of hydrogen-bond acceptors (Lipinski definition) is 4. The molecule has 0 atom stereocenters. The summed E-state index contributed by atoms with van der Waals surface area (Å²) in [6, 6.07) is 14.9. The number of rotatable bonds is 8. The highest BCUT2D eigenvalue weighted by atomic mass is 19.1. The second kappa shape index (κ2) is 12.0. The minimum atomic E-state index is -0.674. The summed E-state index contributed by atoms with van der Waals surface area (Å²) in [4.78, 5) is 28.3. The van der Waals surface area contributed by atoms with E-state index in [2.05, 4.69) is 77.7 Å². The van der Waals surface area contributed by atoms with Crippen LogP contribution in [0.25, 0.3) is 6.08 Å². The lowest BCUT2D eigenvalue weighted by molar-refractivity contribution is -0.114. The highest BCUT2D eigenvalue weighted by Crippen LogP contribution is 2.33. The number of carbonyl (C=O) groups excluding carboxylic acids is 2. The van der Waals surface area contributed by atoms with E-state index in [1.807, 2.05) is 0 Å². The summed E-state index contributed by atoms with van der Waals surface area (Å²) in [5.74, 6) is 0.282. The first-order valence-electron chi connectivity index (χ1n) is 14.9. The predicted molar refractivity (Wildman–Crippen MR) is 163 cm³/mol. The van der Waals surface area contributed by atoms with Crippen LogP contribution in [0.2, 0.25) is 0 Å². The van der Waals surface area contributed by atoms with E-state index in [0.29, 0.717) is 48.6 Å². The highest BCUT2D eigenvalue weighted by Gasteiger charge is 2.24. The predicted octanol–water partition coefficient (Wildman–Crippen LogP) is 6.14. The van der Waals surface area contributed by atoms with Gasteiger partial charge in [0.2, 0.25) is 0 Å². The Hall–Kier alpha value is -4.10. The van der Waals surface area contributed by atoms with E-state index in [1.165, 1.54) is 16.7 Å². The summed E-state index contributed by atoms with van der Waals surface area (Å²) in [5, 5.41) is 7.35. The Balaban J connectivity index is 1.10. The monoisotopic (exact) mass is 564 g/mol. The van der Waals surface area contributed by atoms with Crippen LogP contribution < -0.4 is 5.32 Å². The van der Waals surface area contributed by atoms with Gasteiger partial charge in [-0.1, -0.05) is 68.5 Å². The molecule has 1 N–H and O–H groups in total. The molecule has 3 aliphatic rings. The van der Waals surface area contributed by atoms with Crippen molar-refractivity contribution in [3.63, 3.8) is 0 Å². The standard InChI is InChI=1S/C35H37FN4O2/c1-23(2)26-6-3-24(4-7-26)21-40-22-30(19-37-40)35(42)38-32-9-10-34(41)33(18-32)29-16-27-8-5-25(15-28(27)17-29)20-39-13-11-31(36)12-14-39/h3-9,15,17-19,22-23,31H,10-14,16,20-21H2,1-2H3,(H,38,42). The molecule has 2 aliphatic carbocycles. The number of nitrogens with one attached hydrogen (secondary N) is 1. The number of carbonyl (C=O) groups is 2. The lowest BCUT2D eigenvalue weighted by atomic mass is 9.93. The van der Waals surface area contributed by atoms with Crippen molar-refractivity contribution in [2.24, 2.45) is 0 Å². The summed E-state index contributed by atoms with van der Waals surface area (Å²) in [7, 11) is 0. The van der Waals surface area contributed by atoms with Crippen LogP contribution in [0.4, 0.5) is 4.39 Å². The number of halogens is 1. The molecule has 1 amide bonds. The van der Waals surface area contributed by atoms with E-state index in [1.54, 1.807) is 29.2 Å². The Kier molecular flexibility index (Phi) is 8.02. The number of piperidine rings is 1. The van der Waals surface area contributed by atoms with Gasteiger partial charge in [0, 0.05) is 43.5 Å². The van der Waals surface area contributed by atoms with Crippen LogP contribution in [0.15, 0.2) is 83.9 Å². The summed E-state index contributed by atoms with van der Waals surface area (Å²) in [6.07, 6.45) is 10.5. The molecule has 0 spiro atoms. The van der Waals surface area contributed by atoms with E-state index in [9.17, 15) is 14.0 Å². The van der Waals surface area contributed by atoms with Gasteiger partial charge in [0.25, 0.3) is 5.91 Å². The molecule has 6 rings (SSSR count). The van der Waals surface area contributed by atoms with Crippen LogP contribution in [0, 0.1) is 0 Å². The molecule has 42 heavy (non-hydrogen) atoms. The highest BCUT2D eigenvalue weighted by molar-refractivity contribution is 6.04. The number of Topliss-reactive ketones (excluding diaryl/α,β-unsaturated/α-hetero) is 1. The lowest BCUT2D eigenvalue weighted by Crippen LogP contribution is -2.33. The van der Waals surface area contributed by atoms with Crippen molar-refractivity contribution < 1.29 is 14.0 Å². The van der Waals surface area contributed by atoms with Gasteiger partial charge >= 0.3 is 0 Å². The van der Waals surface area contributed by atoms with Crippen molar-refractivity contribution in [1.29, 1.82) is 0 Å². The first-order valence-corrected chi connectivity index (χ1v) is 14.9. The minimum absolute atomic E-state index is 0.0534. The number of fused-ring (bicyclic) bond motifs is 1. The van der Waals surface area contributed by atoms with Crippen molar-refractivity contribution in [1.82, 2.24) is 20.0 Å². The van der Waals surface area contributed by atoms with E-state index < -0.39 is 6.17 Å². The third kappa shape index (κ3) is 6.36. The van der Waals surface area contributed by atoms with Crippen LogP contribution in [-0.4, -0.2) is 45.6 Å². The number of hydrogen-bond donors (Lipinski definition) is 1. The second-order valence-corrected chi connectivity index (χ2v) is 12.0. The fraction of sp³-hybridized carbons (Fsp3) is 0.343. The fourth-order valence-electron chi connectivity index (χ4n) is 5.90. The smallest absolute Gasteiger partial charge is 0.258 e. The maximum atomic E-state index is 13.5. The van der Waals surface area contributed by atoms with Gasteiger partial charge in [-0.2, -0.15) is 5.10 Å². The maximum Gasteiger partial charge on any atom is 0.258 e. The van der Waals surface area contributed by atoms with Crippen molar-refractivity contribution in [2.75, 3.05) is 13.1 Å². The number of allylic oxidation sites excluding steroid dienone is 4. The molecule has 1 aliphatic heterocycles. The van der Waals surface area contributed by atoms with Crippen molar-refractivity contribution >= 4 is 17.8 Å². The topological polar surface area (TPSA) is 67.2 Å². The molecule has 2 aromatic carbocycles. The van der Waals surface area contributed by atoms with E-state index in [4.69, 9.17) is 0 Å². The maximum absolute atomic E-state index is 13.5. The van der Waals surface area contributed by atoms with Gasteiger partial charge in [-0.05, 0) is 64.6 Å². The Morgan fingerprint density at radius 3 is 2.57 bits per heavy atom. The largest absolute Gasteiger partial charge is 0.322 e.